The molecule has 1 aromatic rings. The molecular weight excluding hydrogens is 186 g/mol. The molecule has 2 nitrogen and oxygen atoms in total. The fourth-order valence-corrected chi connectivity index (χ4v) is 3.24. The summed E-state index contributed by atoms with van der Waals surface area (Å²) in [4.78, 5) is 0. The molecule has 2 heteroatoms. The van der Waals surface area contributed by atoms with Crippen LogP contribution in [0.5, 0.6) is 0 Å². The van der Waals surface area contributed by atoms with Crippen molar-refractivity contribution in [1.82, 2.24) is 5.32 Å². The van der Waals surface area contributed by atoms with Gasteiger partial charge in [0.25, 0.3) is 0 Å². The summed E-state index contributed by atoms with van der Waals surface area (Å²) in [6.45, 7) is 1.06. The lowest BCUT2D eigenvalue weighted by molar-refractivity contribution is 0.0168. The SMILES string of the molecule is O[C@@]1(c2ccccc2)CC[C@H]2CCN[C@H]21. The van der Waals surface area contributed by atoms with Crippen molar-refractivity contribution in [2.75, 3.05) is 6.54 Å². The summed E-state index contributed by atoms with van der Waals surface area (Å²) in [6, 6.07) is 10.4. The second-order valence-corrected chi connectivity index (χ2v) is 4.81. The van der Waals surface area contributed by atoms with E-state index in [1.54, 1.807) is 0 Å². The highest BCUT2D eigenvalue weighted by atomic mass is 16.3. The van der Waals surface area contributed by atoms with Gasteiger partial charge in [-0.05, 0) is 37.3 Å². The third-order valence-electron chi connectivity index (χ3n) is 4.04. The van der Waals surface area contributed by atoms with Crippen LogP contribution in [0.1, 0.15) is 24.8 Å². The quantitative estimate of drug-likeness (QED) is 0.727. The third-order valence-corrected chi connectivity index (χ3v) is 4.04. The van der Waals surface area contributed by atoms with Crippen LogP contribution in [-0.2, 0) is 5.60 Å². The number of nitrogens with one attached hydrogen (secondary N) is 1. The Bertz CT molecular complexity index is 351. The maximum atomic E-state index is 10.8. The number of hydrogen-bond acceptors (Lipinski definition) is 2. The van der Waals surface area contributed by atoms with Crippen molar-refractivity contribution < 1.29 is 5.11 Å². The van der Waals surface area contributed by atoms with Crippen molar-refractivity contribution in [3.63, 3.8) is 0 Å². The van der Waals surface area contributed by atoms with Crippen LogP contribution in [0.15, 0.2) is 30.3 Å². The predicted octanol–water partition coefficient (Wildman–Crippen LogP) is 1.65. The summed E-state index contributed by atoms with van der Waals surface area (Å²) in [5, 5.41) is 14.2. The molecule has 1 saturated carbocycles. The molecule has 2 N–H and O–H groups in total. The number of rotatable bonds is 1. The zero-order valence-corrected chi connectivity index (χ0v) is 8.82. The van der Waals surface area contributed by atoms with E-state index in [0.29, 0.717) is 5.92 Å². The molecule has 3 atom stereocenters. The molecule has 3 rings (SSSR count). The second-order valence-electron chi connectivity index (χ2n) is 4.81. The Labute approximate surface area is 90.3 Å². The minimum absolute atomic E-state index is 0.278. The molecule has 1 aromatic carbocycles. The van der Waals surface area contributed by atoms with E-state index < -0.39 is 5.60 Å². The van der Waals surface area contributed by atoms with Crippen LogP contribution in [-0.4, -0.2) is 17.7 Å². The average Bonchev–Trinajstić information content (AvgIpc) is 2.85. The molecular formula is C13H17NO. The largest absolute Gasteiger partial charge is 0.384 e. The first-order valence-electron chi connectivity index (χ1n) is 5.82. The molecule has 0 radical (unpaired) electrons. The molecule has 1 aliphatic carbocycles. The molecule has 2 aliphatic rings. The lowest BCUT2D eigenvalue weighted by atomic mass is 9.87. The Kier molecular flexibility index (Phi) is 2.08. The molecule has 0 aromatic heterocycles. The number of benzene rings is 1. The lowest BCUT2D eigenvalue weighted by Crippen LogP contribution is -2.43. The summed E-state index contributed by atoms with van der Waals surface area (Å²) >= 11 is 0. The minimum Gasteiger partial charge on any atom is -0.384 e. The summed E-state index contributed by atoms with van der Waals surface area (Å²) in [5.74, 6) is 0.676. The first kappa shape index (κ1) is 9.37. The summed E-state index contributed by atoms with van der Waals surface area (Å²) < 4.78 is 0. The normalized spacial score (nSPS) is 39.3. The lowest BCUT2D eigenvalue weighted by Gasteiger charge is -2.30. The van der Waals surface area contributed by atoms with Crippen LogP contribution < -0.4 is 5.32 Å². The highest BCUT2D eigenvalue weighted by molar-refractivity contribution is 5.27. The smallest absolute Gasteiger partial charge is 0.105 e. The van der Waals surface area contributed by atoms with Crippen LogP contribution in [0.4, 0.5) is 0 Å². The van der Waals surface area contributed by atoms with Gasteiger partial charge >= 0.3 is 0 Å². The van der Waals surface area contributed by atoms with Gasteiger partial charge in [-0.1, -0.05) is 30.3 Å². The highest BCUT2D eigenvalue weighted by Crippen LogP contribution is 2.45. The van der Waals surface area contributed by atoms with Gasteiger partial charge in [-0.3, -0.25) is 0 Å². The molecule has 0 spiro atoms. The van der Waals surface area contributed by atoms with E-state index in [0.717, 1.165) is 24.9 Å². The van der Waals surface area contributed by atoms with Crippen molar-refractivity contribution in [3.05, 3.63) is 35.9 Å². The van der Waals surface area contributed by atoms with E-state index in [1.807, 2.05) is 30.3 Å². The fourth-order valence-electron chi connectivity index (χ4n) is 3.24. The fraction of sp³-hybridized carbons (Fsp3) is 0.538. The maximum Gasteiger partial charge on any atom is 0.105 e. The van der Waals surface area contributed by atoms with Crippen LogP contribution >= 0.6 is 0 Å². The first-order chi connectivity index (χ1) is 7.31. The van der Waals surface area contributed by atoms with Crippen LogP contribution in [0.2, 0.25) is 0 Å². The molecule has 15 heavy (non-hydrogen) atoms. The number of fused-ring (bicyclic) bond motifs is 1. The standard InChI is InChI=1S/C13H17NO/c15-13(11-4-2-1-3-5-11)8-6-10-7-9-14-12(10)13/h1-5,10,12,14-15H,6-9H2/t10-,12+,13+/m0/s1. The highest BCUT2D eigenvalue weighted by Gasteiger charge is 2.49. The van der Waals surface area contributed by atoms with Crippen molar-refractivity contribution in [1.29, 1.82) is 0 Å². The van der Waals surface area contributed by atoms with Gasteiger partial charge in [-0.2, -0.15) is 0 Å². The van der Waals surface area contributed by atoms with E-state index in [9.17, 15) is 5.11 Å². The molecule has 0 amide bonds. The molecule has 1 aliphatic heterocycles. The van der Waals surface area contributed by atoms with Gasteiger partial charge in [0.05, 0.1) is 0 Å². The van der Waals surface area contributed by atoms with E-state index in [1.165, 1.54) is 6.42 Å². The Hall–Kier alpha value is -0.860. The van der Waals surface area contributed by atoms with Gasteiger partial charge in [0, 0.05) is 6.04 Å². The molecule has 1 saturated heterocycles. The maximum absolute atomic E-state index is 10.8. The zero-order chi connectivity index (χ0) is 10.3. The third kappa shape index (κ3) is 1.32. The van der Waals surface area contributed by atoms with E-state index in [2.05, 4.69) is 5.32 Å². The average molecular weight is 203 g/mol. The Morgan fingerprint density at radius 1 is 1.20 bits per heavy atom. The Morgan fingerprint density at radius 2 is 2.00 bits per heavy atom. The molecule has 0 unspecified atom stereocenters. The first-order valence-corrected chi connectivity index (χ1v) is 5.82. The molecule has 2 fully saturated rings. The monoisotopic (exact) mass is 203 g/mol. The number of hydrogen-bond donors (Lipinski definition) is 2. The van der Waals surface area contributed by atoms with E-state index in [4.69, 9.17) is 0 Å². The van der Waals surface area contributed by atoms with Gasteiger partial charge in [0.15, 0.2) is 0 Å². The molecule has 0 bridgehead atoms. The van der Waals surface area contributed by atoms with Crippen LogP contribution in [0.25, 0.3) is 0 Å². The topological polar surface area (TPSA) is 32.3 Å². The Balaban J connectivity index is 1.97. The van der Waals surface area contributed by atoms with Crippen molar-refractivity contribution >= 4 is 0 Å². The van der Waals surface area contributed by atoms with Gasteiger partial charge in [-0.25, -0.2) is 0 Å². The van der Waals surface area contributed by atoms with E-state index in [-0.39, 0.29) is 6.04 Å². The van der Waals surface area contributed by atoms with Crippen molar-refractivity contribution in [2.24, 2.45) is 5.92 Å². The second kappa shape index (κ2) is 3.32. The van der Waals surface area contributed by atoms with Gasteiger partial charge in [0.2, 0.25) is 0 Å². The van der Waals surface area contributed by atoms with Crippen molar-refractivity contribution in [3.8, 4) is 0 Å². The predicted molar refractivity (Wildman–Crippen MR) is 59.5 cm³/mol. The Morgan fingerprint density at radius 3 is 2.80 bits per heavy atom. The zero-order valence-electron chi connectivity index (χ0n) is 8.82. The van der Waals surface area contributed by atoms with Crippen LogP contribution in [0.3, 0.4) is 0 Å². The van der Waals surface area contributed by atoms with E-state index >= 15 is 0 Å². The summed E-state index contributed by atoms with van der Waals surface area (Å²) in [6.07, 6.45) is 3.28. The minimum atomic E-state index is -0.623. The van der Waals surface area contributed by atoms with Gasteiger partial charge < -0.3 is 10.4 Å². The van der Waals surface area contributed by atoms with Gasteiger partial charge in [0.1, 0.15) is 5.60 Å². The molecule has 1 heterocycles. The van der Waals surface area contributed by atoms with Crippen LogP contribution in [0, 0.1) is 5.92 Å². The van der Waals surface area contributed by atoms with Gasteiger partial charge in [-0.15, -0.1) is 0 Å². The van der Waals surface area contributed by atoms with Crippen molar-refractivity contribution in [2.45, 2.75) is 30.9 Å². The summed E-state index contributed by atoms with van der Waals surface area (Å²) in [5.41, 5.74) is 0.453. The summed E-state index contributed by atoms with van der Waals surface area (Å²) in [7, 11) is 0. The molecule has 80 valence electrons. The number of aliphatic hydroxyl groups is 1.